The molecule has 0 aromatic heterocycles. The number of amides is 1. The van der Waals surface area contributed by atoms with Crippen LogP contribution >= 0.6 is 11.8 Å². The molecular formula is C14H19F3N2OS. The molecule has 0 aliphatic heterocycles. The standard InChI is InChI=1S/C14H19F3N2OS/c1-3-9(2)21-7-6-13(20)19-12-5-4-10(8-11(12)18)14(15,16)17/h4-5,8-9H,3,6-7,18H2,1-2H3,(H,19,20). The number of halogens is 3. The molecule has 0 aliphatic rings. The molecule has 0 spiro atoms. The van der Waals surface area contributed by atoms with Gasteiger partial charge in [-0.15, -0.1) is 0 Å². The van der Waals surface area contributed by atoms with Gasteiger partial charge in [-0.1, -0.05) is 13.8 Å². The number of hydrogen-bond acceptors (Lipinski definition) is 3. The van der Waals surface area contributed by atoms with Gasteiger partial charge in [0.05, 0.1) is 16.9 Å². The van der Waals surface area contributed by atoms with Gasteiger partial charge in [0.25, 0.3) is 0 Å². The number of anilines is 2. The van der Waals surface area contributed by atoms with E-state index in [1.807, 2.05) is 0 Å². The number of nitrogens with one attached hydrogen (secondary N) is 1. The third kappa shape index (κ3) is 5.87. The van der Waals surface area contributed by atoms with Crippen molar-refractivity contribution in [3.63, 3.8) is 0 Å². The second-order valence-corrected chi connectivity index (χ2v) is 6.23. The molecule has 1 aromatic carbocycles. The van der Waals surface area contributed by atoms with Crippen molar-refractivity contribution in [2.75, 3.05) is 16.8 Å². The molecule has 0 saturated heterocycles. The predicted molar refractivity (Wildman–Crippen MR) is 81.3 cm³/mol. The van der Waals surface area contributed by atoms with Crippen molar-refractivity contribution in [2.24, 2.45) is 0 Å². The molecular weight excluding hydrogens is 301 g/mol. The smallest absolute Gasteiger partial charge is 0.397 e. The molecule has 0 aliphatic carbocycles. The van der Waals surface area contributed by atoms with E-state index in [1.165, 1.54) is 6.07 Å². The van der Waals surface area contributed by atoms with E-state index in [-0.39, 0.29) is 17.3 Å². The number of carbonyl (C=O) groups excluding carboxylic acids is 1. The van der Waals surface area contributed by atoms with Crippen molar-refractivity contribution < 1.29 is 18.0 Å². The van der Waals surface area contributed by atoms with Gasteiger partial charge in [0.1, 0.15) is 0 Å². The molecule has 7 heteroatoms. The first-order chi connectivity index (χ1) is 9.74. The average molecular weight is 320 g/mol. The quantitative estimate of drug-likeness (QED) is 0.774. The van der Waals surface area contributed by atoms with Gasteiger partial charge < -0.3 is 11.1 Å². The van der Waals surface area contributed by atoms with Gasteiger partial charge in [-0.05, 0) is 24.6 Å². The van der Waals surface area contributed by atoms with Crippen molar-refractivity contribution in [1.29, 1.82) is 0 Å². The lowest BCUT2D eigenvalue weighted by Crippen LogP contribution is -2.15. The predicted octanol–water partition coefficient (Wildman–Crippen LogP) is 4.15. The van der Waals surface area contributed by atoms with Gasteiger partial charge in [-0.25, -0.2) is 0 Å². The van der Waals surface area contributed by atoms with Crippen LogP contribution < -0.4 is 11.1 Å². The number of hydrogen-bond donors (Lipinski definition) is 2. The summed E-state index contributed by atoms with van der Waals surface area (Å²) in [5.74, 6) is 0.415. The molecule has 0 saturated carbocycles. The fourth-order valence-electron chi connectivity index (χ4n) is 1.54. The zero-order valence-electron chi connectivity index (χ0n) is 12.0. The first-order valence-corrected chi connectivity index (χ1v) is 7.67. The van der Waals surface area contributed by atoms with Crippen molar-refractivity contribution in [1.82, 2.24) is 0 Å². The Labute approximate surface area is 126 Å². The van der Waals surface area contributed by atoms with Gasteiger partial charge in [0.2, 0.25) is 5.91 Å². The van der Waals surface area contributed by atoms with Crippen LogP contribution in [0.2, 0.25) is 0 Å². The van der Waals surface area contributed by atoms with E-state index in [0.717, 1.165) is 18.6 Å². The maximum atomic E-state index is 12.5. The van der Waals surface area contributed by atoms with Crippen LogP contribution in [0.15, 0.2) is 18.2 Å². The number of nitrogens with two attached hydrogens (primary N) is 1. The third-order valence-electron chi connectivity index (χ3n) is 2.96. The highest BCUT2D eigenvalue weighted by atomic mass is 32.2. The van der Waals surface area contributed by atoms with Gasteiger partial charge in [0.15, 0.2) is 0 Å². The highest BCUT2D eigenvalue weighted by Gasteiger charge is 2.30. The van der Waals surface area contributed by atoms with Crippen LogP contribution in [0.5, 0.6) is 0 Å². The molecule has 0 fully saturated rings. The fourth-order valence-corrected chi connectivity index (χ4v) is 2.48. The SMILES string of the molecule is CCC(C)SCCC(=O)Nc1ccc(C(F)(F)F)cc1N. The summed E-state index contributed by atoms with van der Waals surface area (Å²) in [4.78, 5) is 11.7. The highest BCUT2D eigenvalue weighted by molar-refractivity contribution is 7.99. The lowest BCUT2D eigenvalue weighted by atomic mass is 10.1. The molecule has 0 heterocycles. The Morgan fingerprint density at radius 1 is 1.43 bits per heavy atom. The Balaban J connectivity index is 2.57. The Morgan fingerprint density at radius 3 is 2.62 bits per heavy atom. The molecule has 1 unspecified atom stereocenters. The molecule has 3 N–H and O–H groups in total. The fraction of sp³-hybridized carbons (Fsp3) is 0.500. The van der Waals surface area contributed by atoms with Gasteiger partial charge in [-0.3, -0.25) is 4.79 Å². The minimum absolute atomic E-state index is 0.0900. The number of benzene rings is 1. The van der Waals surface area contributed by atoms with E-state index in [4.69, 9.17) is 5.73 Å². The normalized spacial score (nSPS) is 13.0. The molecule has 118 valence electrons. The summed E-state index contributed by atoms with van der Waals surface area (Å²) < 4.78 is 37.5. The van der Waals surface area contributed by atoms with E-state index >= 15 is 0 Å². The zero-order valence-corrected chi connectivity index (χ0v) is 12.8. The van der Waals surface area contributed by atoms with E-state index in [2.05, 4.69) is 19.2 Å². The molecule has 1 atom stereocenters. The summed E-state index contributed by atoms with van der Waals surface area (Å²) in [5, 5.41) is 3.02. The molecule has 0 radical (unpaired) electrons. The Bertz CT molecular complexity index is 492. The first kappa shape index (κ1) is 17.7. The summed E-state index contributed by atoms with van der Waals surface area (Å²) in [6, 6.07) is 2.90. The minimum Gasteiger partial charge on any atom is -0.397 e. The van der Waals surface area contributed by atoms with Crippen LogP contribution in [-0.2, 0) is 11.0 Å². The molecule has 3 nitrogen and oxygen atoms in total. The van der Waals surface area contributed by atoms with Gasteiger partial charge >= 0.3 is 6.18 Å². The highest BCUT2D eigenvalue weighted by Crippen LogP contribution is 2.32. The van der Waals surface area contributed by atoms with Crippen LogP contribution in [-0.4, -0.2) is 16.9 Å². The molecule has 1 amide bonds. The summed E-state index contributed by atoms with van der Waals surface area (Å²) in [5.41, 5.74) is 4.84. The molecule has 1 aromatic rings. The molecule has 21 heavy (non-hydrogen) atoms. The van der Waals surface area contributed by atoms with E-state index in [1.54, 1.807) is 11.8 Å². The Kier molecular flexibility index (Phi) is 6.39. The summed E-state index contributed by atoms with van der Waals surface area (Å²) in [6.07, 6.45) is -3.11. The molecule has 0 bridgehead atoms. The second kappa shape index (κ2) is 7.59. The van der Waals surface area contributed by atoms with Crippen LogP contribution in [0.4, 0.5) is 24.5 Å². The van der Waals surface area contributed by atoms with Crippen molar-refractivity contribution in [3.05, 3.63) is 23.8 Å². The van der Waals surface area contributed by atoms with Crippen molar-refractivity contribution in [3.8, 4) is 0 Å². The monoisotopic (exact) mass is 320 g/mol. The number of alkyl halides is 3. The molecule has 1 rings (SSSR count). The summed E-state index contributed by atoms with van der Waals surface area (Å²) in [6.45, 7) is 4.15. The Morgan fingerprint density at radius 2 is 2.10 bits per heavy atom. The van der Waals surface area contributed by atoms with Crippen LogP contribution in [0.3, 0.4) is 0 Å². The first-order valence-electron chi connectivity index (χ1n) is 6.62. The van der Waals surface area contributed by atoms with E-state index in [0.29, 0.717) is 17.4 Å². The summed E-state index contributed by atoms with van der Waals surface area (Å²) >= 11 is 1.68. The lowest BCUT2D eigenvalue weighted by molar-refractivity contribution is -0.137. The Hall–Kier alpha value is -1.37. The van der Waals surface area contributed by atoms with Crippen LogP contribution in [0, 0.1) is 0 Å². The van der Waals surface area contributed by atoms with E-state index < -0.39 is 11.7 Å². The lowest BCUT2D eigenvalue weighted by Gasteiger charge is -2.12. The third-order valence-corrected chi connectivity index (χ3v) is 4.30. The number of carbonyl (C=O) groups is 1. The van der Waals surface area contributed by atoms with Gasteiger partial charge in [0, 0.05) is 17.4 Å². The van der Waals surface area contributed by atoms with Gasteiger partial charge in [-0.2, -0.15) is 24.9 Å². The second-order valence-electron chi connectivity index (χ2n) is 4.69. The number of nitrogen functional groups attached to an aromatic ring is 1. The largest absolute Gasteiger partial charge is 0.416 e. The minimum atomic E-state index is -4.44. The number of thioether (sulfide) groups is 1. The average Bonchev–Trinajstić information content (AvgIpc) is 2.39. The van der Waals surface area contributed by atoms with Crippen molar-refractivity contribution in [2.45, 2.75) is 38.1 Å². The van der Waals surface area contributed by atoms with Crippen molar-refractivity contribution >= 4 is 29.0 Å². The summed E-state index contributed by atoms with van der Waals surface area (Å²) in [7, 11) is 0. The zero-order chi connectivity index (χ0) is 16.0. The van der Waals surface area contributed by atoms with Crippen LogP contribution in [0.25, 0.3) is 0 Å². The maximum Gasteiger partial charge on any atom is 0.416 e. The van der Waals surface area contributed by atoms with Crippen LogP contribution in [0.1, 0.15) is 32.3 Å². The topological polar surface area (TPSA) is 55.1 Å². The number of rotatable bonds is 6. The van der Waals surface area contributed by atoms with E-state index in [9.17, 15) is 18.0 Å². The maximum absolute atomic E-state index is 12.5.